The molecule has 168 valence electrons. The molecular weight excluding hydrogens is 458 g/mol. The molecule has 0 radical (unpaired) electrons. The fourth-order valence-corrected chi connectivity index (χ4v) is 4.01. The van der Waals surface area contributed by atoms with Gasteiger partial charge in [0.2, 0.25) is 5.95 Å². The van der Waals surface area contributed by atoms with Crippen LogP contribution in [0, 0.1) is 11.6 Å². The van der Waals surface area contributed by atoms with Crippen LogP contribution in [0.1, 0.15) is 34.0 Å². The molecule has 4 aromatic rings. The zero-order valence-corrected chi connectivity index (χ0v) is 18.7. The van der Waals surface area contributed by atoms with Crippen molar-refractivity contribution in [3.8, 4) is 11.3 Å². The predicted octanol–water partition coefficient (Wildman–Crippen LogP) is 6.37. The van der Waals surface area contributed by atoms with Crippen LogP contribution in [-0.2, 0) is 6.54 Å². The van der Waals surface area contributed by atoms with Crippen LogP contribution in [0.3, 0.4) is 0 Å². The van der Waals surface area contributed by atoms with E-state index in [9.17, 15) is 13.6 Å². The van der Waals surface area contributed by atoms with Crippen LogP contribution in [0.5, 0.6) is 0 Å². The number of aliphatic imine (C=N–C) groups is 1. The zero-order chi connectivity index (χ0) is 23.8. The van der Waals surface area contributed by atoms with Gasteiger partial charge >= 0.3 is 0 Å². The molecule has 0 saturated heterocycles. The van der Waals surface area contributed by atoms with Crippen LogP contribution < -0.4 is 5.32 Å². The first-order chi connectivity index (χ1) is 16.4. The van der Waals surface area contributed by atoms with Gasteiger partial charge in [-0.05, 0) is 55.5 Å². The Morgan fingerprint density at radius 3 is 2.44 bits per heavy atom. The second-order valence-electron chi connectivity index (χ2n) is 7.78. The summed E-state index contributed by atoms with van der Waals surface area (Å²) in [6.45, 7) is 1.64. The lowest BCUT2D eigenvalue weighted by Crippen LogP contribution is -2.10. The van der Waals surface area contributed by atoms with Crippen LogP contribution in [0.15, 0.2) is 71.9 Å². The number of ketones is 1. The van der Waals surface area contributed by atoms with Gasteiger partial charge in [-0.3, -0.25) is 9.79 Å². The summed E-state index contributed by atoms with van der Waals surface area (Å²) in [6, 6.07) is 15.8. The molecule has 2 heterocycles. The van der Waals surface area contributed by atoms with E-state index in [1.54, 1.807) is 48.7 Å². The van der Waals surface area contributed by atoms with Crippen molar-refractivity contribution in [1.82, 2.24) is 9.97 Å². The fourth-order valence-electron chi connectivity index (χ4n) is 3.84. The Morgan fingerprint density at radius 2 is 1.74 bits per heavy atom. The largest absolute Gasteiger partial charge is 0.324 e. The first-order valence-corrected chi connectivity index (χ1v) is 10.8. The van der Waals surface area contributed by atoms with Crippen molar-refractivity contribution in [2.45, 2.75) is 13.5 Å². The van der Waals surface area contributed by atoms with Crippen LogP contribution in [0.4, 0.5) is 20.4 Å². The molecule has 1 aliphatic heterocycles. The van der Waals surface area contributed by atoms with Crippen LogP contribution in [0.25, 0.3) is 11.3 Å². The van der Waals surface area contributed by atoms with Crippen molar-refractivity contribution in [2.75, 3.05) is 5.32 Å². The number of fused-ring (bicyclic) bond motifs is 3. The lowest BCUT2D eigenvalue weighted by atomic mass is 9.95. The molecule has 0 fully saturated rings. The summed E-state index contributed by atoms with van der Waals surface area (Å²) < 4.78 is 29.3. The second-order valence-corrected chi connectivity index (χ2v) is 8.21. The average molecular weight is 475 g/mol. The molecule has 1 aromatic heterocycles. The Labute approximate surface area is 199 Å². The lowest BCUT2D eigenvalue weighted by Gasteiger charge is -2.13. The standard InChI is InChI=1S/C26H17ClF2N4O/c1-14(34)15-5-8-18(9-6-15)32-26-31-13-16-12-30-25(23-21(28)3-2-4-22(23)29)20-11-17(27)7-10-19(20)24(16)33-26/h2-11,13H,12H2,1H3,(H,31,32,33). The monoisotopic (exact) mass is 474 g/mol. The highest BCUT2D eigenvalue weighted by Crippen LogP contribution is 2.34. The zero-order valence-electron chi connectivity index (χ0n) is 17.9. The molecule has 1 N–H and O–H groups in total. The van der Waals surface area contributed by atoms with Gasteiger partial charge in [-0.15, -0.1) is 0 Å². The first kappa shape index (κ1) is 21.9. The molecule has 0 atom stereocenters. The third-order valence-electron chi connectivity index (χ3n) is 5.51. The van der Waals surface area contributed by atoms with E-state index in [1.807, 2.05) is 0 Å². The van der Waals surface area contributed by atoms with E-state index in [2.05, 4.69) is 20.3 Å². The Balaban J connectivity index is 1.59. The molecule has 5 nitrogen and oxygen atoms in total. The molecule has 0 saturated carbocycles. The Bertz CT molecular complexity index is 1450. The van der Waals surface area contributed by atoms with Gasteiger partial charge in [-0.25, -0.2) is 18.7 Å². The van der Waals surface area contributed by atoms with Crippen LogP contribution in [-0.4, -0.2) is 21.5 Å². The Kier molecular flexibility index (Phi) is 5.63. The topological polar surface area (TPSA) is 67.2 Å². The number of nitrogens with zero attached hydrogens (tertiary/aromatic N) is 3. The van der Waals surface area contributed by atoms with E-state index in [0.29, 0.717) is 44.6 Å². The molecule has 0 amide bonds. The predicted molar refractivity (Wildman–Crippen MR) is 128 cm³/mol. The van der Waals surface area contributed by atoms with E-state index >= 15 is 0 Å². The summed E-state index contributed by atoms with van der Waals surface area (Å²) in [5.74, 6) is -1.11. The molecule has 1 aliphatic rings. The number of aromatic nitrogens is 2. The molecular formula is C26H17ClF2N4O. The quantitative estimate of drug-likeness (QED) is 0.349. The number of hydrogen-bond donors (Lipinski definition) is 1. The van der Waals surface area contributed by atoms with Gasteiger partial charge in [0.15, 0.2) is 5.78 Å². The van der Waals surface area contributed by atoms with Gasteiger partial charge in [-0.1, -0.05) is 23.7 Å². The van der Waals surface area contributed by atoms with Gasteiger partial charge < -0.3 is 5.32 Å². The highest BCUT2D eigenvalue weighted by Gasteiger charge is 2.25. The maximum atomic E-state index is 14.7. The van der Waals surface area contributed by atoms with E-state index in [0.717, 1.165) is 0 Å². The first-order valence-electron chi connectivity index (χ1n) is 10.4. The normalized spacial score (nSPS) is 12.3. The smallest absolute Gasteiger partial charge is 0.227 e. The Hall–Kier alpha value is -3.97. The number of nitrogens with one attached hydrogen (secondary N) is 1. The average Bonchev–Trinajstić information content (AvgIpc) is 2.96. The molecule has 0 unspecified atom stereocenters. The Morgan fingerprint density at radius 1 is 1.00 bits per heavy atom. The summed E-state index contributed by atoms with van der Waals surface area (Å²) in [7, 11) is 0. The number of hydrogen-bond acceptors (Lipinski definition) is 5. The molecule has 0 bridgehead atoms. The maximum Gasteiger partial charge on any atom is 0.227 e. The number of carbonyl (C=O) groups is 1. The van der Waals surface area contributed by atoms with Gasteiger partial charge in [0.1, 0.15) is 11.6 Å². The van der Waals surface area contributed by atoms with E-state index < -0.39 is 11.6 Å². The SMILES string of the molecule is CC(=O)c1ccc(Nc2ncc3c(n2)-c2ccc(Cl)cc2C(c2c(F)cccc2F)=NC3)cc1. The molecule has 8 heteroatoms. The molecule has 0 aliphatic carbocycles. The van der Waals surface area contributed by atoms with Gasteiger partial charge in [0, 0.05) is 39.2 Å². The second kappa shape index (κ2) is 8.76. The summed E-state index contributed by atoms with van der Waals surface area (Å²) >= 11 is 6.25. The molecule has 5 rings (SSSR count). The lowest BCUT2D eigenvalue weighted by molar-refractivity contribution is 0.101. The van der Waals surface area contributed by atoms with Gasteiger partial charge in [0.25, 0.3) is 0 Å². The third kappa shape index (κ3) is 4.06. The van der Waals surface area contributed by atoms with Crippen molar-refractivity contribution >= 4 is 34.7 Å². The summed E-state index contributed by atoms with van der Waals surface area (Å²) in [5.41, 5.74) is 3.66. The third-order valence-corrected chi connectivity index (χ3v) is 5.75. The van der Waals surface area contributed by atoms with Crippen molar-refractivity contribution in [1.29, 1.82) is 0 Å². The van der Waals surface area contributed by atoms with E-state index in [1.165, 1.54) is 25.1 Å². The highest BCUT2D eigenvalue weighted by atomic mass is 35.5. The van der Waals surface area contributed by atoms with E-state index in [4.69, 9.17) is 11.6 Å². The van der Waals surface area contributed by atoms with Crippen LogP contribution in [0.2, 0.25) is 5.02 Å². The summed E-state index contributed by atoms with van der Waals surface area (Å²) in [4.78, 5) is 25.1. The van der Waals surface area contributed by atoms with Gasteiger partial charge in [0.05, 0.1) is 23.5 Å². The summed E-state index contributed by atoms with van der Waals surface area (Å²) in [6.07, 6.45) is 1.64. The number of Topliss-reactive ketones (excluding diaryl/α,β-unsaturated/α-hetero) is 1. The molecule has 34 heavy (non-hydrogen) atoms. The number of carbonyl (C=O) groups excluding carboxylic acids is 1. The maximum absolute atomic E-state index is 14.7. The minimum Gasteiger partial charge on any atom is -0.324 e. The minimum absolute atomic E-state index is 0.0230. The molecule has 3 aromatic carbocycles. The highest BCUT2D eigenvalue weighted by molar-refractivity contribution is 6.31. The minimum atomic E-state index is -0.710. The number of anilines is 2. The number of rotatable bonds is 4. The van der Waals surface area contributed by atoms with Crippen molar-refractivity contribution in [3.05, 3.63) is 106 Å². The van der Waals surface area contributed by atoms with E-state index in [-0.39, 0.29) is 23.6 Å². The number of halogens is 3. The van der Waals surface area contributed by atoms with Crippen LogP contribution >= 0.6 is 11.6 Å². The van der Waals surface area contributed by atoms with Crippen molar-refractivity contribution in [3.63, 3.8) is 0 Å². The summed E-state index contributed by atoms with van der Waals surface area (Å²) in [5, 5.41) is 3.53. The number of benzene rings is 3. The fraction of sp³-hybridized carbons (Fsp3) is 0.0769. The van der Waals surface area contributed by atoms with Crippen molar-refractivity contribution < 1.29 is 13.6 Å². The van der Waals surface area contributed by atoms with Crippen molar-refractivity contribution in [2.24, 2.45) is 4.99 Å². The van der Waals surface area contributed by atoms with Gasteiger partial charge in [-0.2, -0.15) is 0 Å². The molecule has 0 spiro atoms.